The number of rotatable bonds is 0. The fourth-order valence-electron chi connectivity index (χ4n) is 10.9. The van der Waals surface area contributed by atoms with Gasteiger partial charge in [-0.05, 0) is 115 Å². The van der Waals surface area contributed by atoms with Crippen LogP contribution in [0.5, 0.6) is 0 Å². The minimum Gasteiger partial charge on any atom is -0.0620 e. The monoisotopic (exact) mass is 688 g/mol. The van der Waals surface area contributed by atoms with Crippen LogP contribution in [-0.4, -0.2) is 0 Å². The van der Waals surface area contributed by atoms with Crippen molar-refractivity contribution >= 4 is 0 Å². The first kappa shape index (κ1) is 31.3. The molecule has 12 rings (SSSR count). The zero-order chi connectivity index (χ0) is 35.7. The molecular weight excluding hydrogens is 649 g/mol. The molecule has 0 atom stereocenters. The van der Waals surface area contributed by atoms with Crippen LogP contribution < -0.4 is 0 Å². The van der Waals surface area contributed by atoms with Gasteiger partial charge < -0.3 is 0 Å². The van der Waals surface area contributed by atoms with Crippen molar-refractivity contribution in [1.82, 2.24) is 0 Å². The van der Waals surface area contributed by atoms with Gasteiger partial charge in [0.15, 0.2) is 0 Å². The molecule has 0 aromatic heterocycles. The van der Waals surface area contributed by atoms with Crippen molar-refractivity contribution in [3.05, 3.63) is 283 Å². The molecule has 2 spiro atoms. The summed E-state index contributed by atoms with van der Waals surface area (Å²) in [6.07, 6.45) is 4.05. The van der Waals surface area contributed by atoms with Crippen LogP contribution >= 0.6 is 0 Å². The first-order chi connectivity index (χ1) is 26.8. The van der Waals surface area contributed by atoms with Gasteiger partial charge in [-0.3, -0.25) is 0 Å². The zero-order valence-electron chi connectivity index (χ0n) is 30.3. The van der Waals surface area contributed by atoms with Gasteiger partial charge >= 0.3 is 0 Å². The Kier molecular flexibility index (Phi) is 7.04. The quantitative estimate of drug-likeness (QED) is 0.149. The Morgan fingerprint density at radius 2 is 0.315 bits per heavy atom. The molecule has 0 unspecified atom stereocenters. The fourth-order valence-corrected chi connectivity index (χ4v) is 10.9. The fraction of sp³-hybridized carbons (Fsp3) is 0.111. The van der Waals surface area contributed by atoms with Crippen molar-refractivity contribution in [2.75, 3.05) is 0 Å². The summed E-state index contributed by atoms with van der Waals surface area (Å²) in [5.41, 5.74) is 22.7. The summed E-state index contributed by atoms with van der Waals surface area (Å²) in [5.74, 6) is 0. The second-order valence-electron chi connectivity index (χ2n) is 15.5. The van der Waals surface area contributed by atoms with Gasteiger partial charge in [-0.15, -0.1) is 0 Å². The first-order valence-electron chi connectivity index (χ1n) is 19.4. The Hall–Kier alpha value is -6.24. The van der Waals surface area contributed by atoms with Gasteiger partial charge in [-0.2, -0.15) is 0 Å². The maximum Gasteiger partial charge on any atom is 0.0712 e. The van der Waals surface area contributed by atoms with Crippen molar-refractivity contribution in [1.29, 1.82) is 0 Å². The lowest BCUT2D eigenvalue weighted by Gasteiger charge is -2.46. The van der Waals surface area contributed by atoms with E-state index in [1.54, 1.807) is 0 Å². The normalized spacial score (nSPS) is 15.4. The van der Waals surface area contributed by atoms with Crippen molar-refractivity contribution in [2.24, 2.45) is 0 Å². The maximum absolute atomic E-state index is 2.35. The summed E-state index contributed by atoms with van der Waals surface area (Å²) in [5, 5.41) is 0. The molecule has 0 radical (unpaired) electrons. The van der Waals surface area contributed by atoms with Crippen LogP contribution in [0.1, 0.15) is 89.0 Å². The number of fused-ring (bicyclic) bond motifs is 16. The summed E-state index contributed by atoms with van der Waals surface area (Å²) in [6.45, 7) is 0. The summed E-state index contributed by atoms with van der Waals surface area (Å²) in [7, 11) is 0. The third-order valence-corrected chi connectivity index (χ3v) is 12.9. The molecule has 256 valence electrons. The van der Waals surface area contributed by atoms with Crippen molar-refractivity contribution in [3.63, 3.8) is 0 Å². The zero-order valence-corrected chi connectivity index (χ0v) is 30.3. The highest BCUT2D eigenvalue weighted by Crippen LogP contribution is 2.56. The summed E-state index contributed by atoms with van der Waals surface area (Å²) in [4.78, 5) is 0. The number of benzene rings is 8. The Bertz CT molecular complexity index is 2170. The molecule has 8 aromatic carbocycles. The van der Waals surface area contributed by atoms with E-state index in [1.807, 2.05) is 0 Å². The van der Waals surface area contributed by atoms with Crippen molar-refractivity contribution < 1.29 is 0 Å². The lowest BCUT2D eigenvalue weighted by atomic mass is 9.56. The third-order valence-electron chi connectivity index (χ3n) is 12.9. The van der Waals surface area contributed by atoms with Gasteiger partial charge in [-0.1, -0.05) is 194 Å². The van der Waals surface area contributed by atoms with E-state index in [1.165, 1.54) is 89.0 Å². The third kappa shape index (κ3) is 4.32. The molecule has 4 aliphatic carbocycles. The molecule has 0 nitrogen and oxygen atoms in total. The second-order valence-corrected chi connectivity index (χ2v) is 15.5. The summed E-state index contributed by atoms with van der Waals surface area (Å²) >= 11 is 0. The summed E-state index contributed by atoms with van der Waals surface area (Å²) in [6, 6.07) is 72.4. The molecule has 0 saturated carbocycles. The van der Waals surface area contributed by atoms with Crippen LogP contribution in [0.4, 0.5) is 0 Å². The highest BCUT2D eigenvalue weighted by molar-refractivity contribution is 5.73. The van der Waals surface area contributed by atoms with Gasteiger partial charge in [0.05, 0.1) is 10.8 Å². The van der Waals surface area contributed by atoms with Gasteiger partial charge in [0.2, 0.25) is 0 Å². The Labute approximate surface area is 318 Å². The second kappa shape index (κ2) is 12.2. The van der Waals surface area contributed by atoms with Gasteiger partial charge in [0.1, 0.15) is 0 Å². The molecule has 0 aliphatic heterocycles. The largest absolute Gasteiger partial charge is 0.0712 e. The highest BCUT2D eigenvalue weighted by atomic mass is 14.5. The van der Waals surface area contributed by atoms with Crippen LogP contribution in [0.15, 0.2) is 194 Å². The lowest BCUT2D eigenvalue weighted by Crippen LogP contribution is -2.39. The van der Waals surface area contributed by atoms with Crippen LogP contribution in [0.3, 0.4) is 0 Å². The average molecular weight is 689 g/mol. The van der Waals surface area contributed by atoms with Crippen LogP contribution in [-0.2, 0) is 36.5 Å². The SMILES string of the molecule is c1ccc2c(c1)Cc1ccccc1C21c2ccccc2Cc2ccccc21.c1ccc2c(c1)Cc1ccccc1C21c2ccccc2Cc2ccccc21. The van der Waals surface area contributed by atoms with Crippen LogP contribution in [0, 0.1) is 0 Å². The Morgan fingerprint density at radius 1 is 0.185 bits per heavy atom. The van der Waals surface area contributed by atoms with E-state index in [0.29, 0.717) is 0 Å². The van der Waals surface area contributed by atoms with Crippen LogP contribution in [0.2, 0.25) is 0 Å². The van der Waals surface area contributed by atoms with Crippen LogP contribution in [0.25, 0.3) is 0 Å². The average Bonchev–Trinajstić information content (AvgIpc) is 3.24. The molecule has 4 aliphatic rings. The predicted molar refractivity (Wildman–Crippen MR) is 221 cm³/mol. The number of hydrogen-bond donors (Lipinski definition) is 0. The standard InChI is InChI=1S/2C27H20/c2*1-5-13-23-19(9-1)17-20-10-2-6-14-24(20)27(23)25-15-7-3-11-21(25)18-22-12-4-8-16-26(22)27/h2*1-16H,17-18H2. The van der Waals surface area contributed by atoms with Crippen molar-refractivity contribution in [3.8, 4) is 0 Å². The van der Waals surface area contributed by atoms with E-state index in [-0.39, 0.29) is 10.8 Å². The molecule has 54 heavy (non-hydrogen) atoms. The molecule has 0 heterocycles. The van der Waals surface area contributed by atoms with Gasteiger partial charge in [-0.25, -0.2) is 0 Å². The molecule has 8 aromatic rings. The Morgan fingerprint density at radius 3 is 0.463 bits per heavy atom. The maximum atomic E-state index is 2.35. The molecular formula is C54H40. The predicted octanol–water partition coefficient (Wildman–Crippen LogP) is 11.8. The Balaban J connectivity index is 0.000000126. The van der Waals surface area contributed by atoms with Gasteiger partial charge in [0, 0.05) is 0 Å². The lowest BCUT2D eigenvalue weighted by molar-refractivity contribution is 0.670. The molecule has 0 fully saturated rings. The minimum atomic E-state index is -0.211. The molecule has 0 saturated heterocycles. The molecule has 0 amide bonds. The molecule has 0 N–H and O–H groups in total. The van der Waals surface area contributed by atoms with E-state index >= 15 is 0 Å². The van der Waals surface area contributed by atoms with E-state index in [4.69, 9.17) is 0 Å². The van der Waals surface area contributed by atoms with E-state index in [2.05, 4.69) is 194 Å². The minimum absolute atomic E-state index is 0.211. The summed E-state index contributed by atoms with van der Waals surface area (Å²) < 4.78 is 0. The van der Waals surface area contributed by atoms with E-state index in [9.17, 15) is 0 Å². The van der Waals surface area contributed by atoms with Crippen molar-refractivity contribution in [2.45, 2.75) is 36.5 Å². The topological polar surface area (TPSA) is 0 Å². The number of hydrogen-bond acceptors (Lipinski definition) is 0. The van der Waals surface area contributed by atoms with E-state index < -0.39 is 0 Å². The van der Waals surface area contributed by atoms with Gasteiger partial charge in [0.25, 0.3) is 0 Å². The smallest absolute Gasteiger partial charge is 0.0620 e. The first-order valence-corrected chi connectivity index (χ1v) is 19.4. The molecule has 0 bridgehead atoms. The van der Waals surface area contributed by atoms with E-state index in [0.717, 1.165) is 25.7 Å². The highest BCUT2D eigenvalue weighted by Gasteiger charge is 2.48. The molecule has 0 heteroatoms.